The molecule has 2 aromatic heterocycles. The van der Waals surface area contributed by atoms with Crippen molar-refractivity contribution in [1.82, 2.24) is 25.3 Å². The molecule has 1 aliphatic heterocycles. The summed E-state index contributed by atoms with van der Waals surface area (Å²) in [5, 5.41) is 3.01. The van der Waals surface area contributed by atoms with Crippen LogP contribution in [0.4, 0.5) is 11.8 Å². The van der Waals surface area contributed by atoms with Crippen LogP contribution in [0.5, 0.6) is 0 Å². The number of carbonyl (C=O) groups excluding carboxylic acids is 1. The highest BCUT2D eigenvalue weighted by Crippen LogP contribution is 2.26. The summed E-state index contributed by atoms with van der Waals surface area (Å²) in [7, 11) is 0. The van der Waals surface area contributed by atoms with Gasteiger partial charge in [-0.25, -0.2) is 9.97 Å². The molecule has 0 atom stereocenters. The zero-order chi connectivity index (χ0) is 19.8. The van der Waals surface area contributed by atoms with Gasteiger partial charge in [-0.2, -0.15) is 9.97 Å². The molecule has 0 radical (unpaired) electrons. The number of anilines is 2. The second-order valence-corrected chi connectivity index (χ2v) is 7.26. The number of hydrogen-bond donors (Lipinski definition) is 2. The maximum atomic E-state index is 12.4. The third-order valence-corrected chi connectivity index (χ3v) is 5.05. The highest BCUT2D eigenvalue weighted by atomic mass is 16.5. The Morgan fingerprint density at radius 2 is 2.00 bits per heavy atom. The summed E-state index contributed by atoms with van der Waals surface area (Å²) in [6.07, 6.45) is 3.75. The number of nitrogens with zero attached hydrogens (tertiary/aromatic N) is 5. The zero-order valence-electron chi connectivity index (χ0n) is 15.8. The molecule has 1 aromatic carbocycles. The van der Waals surface area contributed by atoms with Crippen molar-refractivity contribution in [3.05, 3.63) is 36.0 Å². The number of fused-ring (bicyclic) bond motifs is 1. The average Bonchev–Trinajstić information content (AvgIpc) is 3.57. The Balaban J connectivity index is 1.54. The van der Waals surface area contributed by atoms with Gasteiger partial charge in [0.05, 0.1) is 25.1 Å². The van der Waals surface area contributed by atoms with E-state index in [1.165, 1.54) is 0 Å². The number of rotatable bonds is 4. The van der Waals surface area contributed by atoms with Crippen LogP contribution in [0, 0.1) is 0 Å². The van der Waals surface area contributed by atoms with E-state index in [0.29, 0.717) is 60.6 Å². The van der Waals surface area contributed by atoms with E-state index in [4.69, 9.17) is 15.5 Å². The molecule has 0 bridgehead atoms. The van der Waals surface area contributed by atoms with Crippen molar-refractivity contribution < 1.29 is 9.53 Å². The van der Waals surface area contributed by atoms with Crippen molar-refractivity contribution in [2.24, 2.45) is 0 Å². The lowest BCUT2D eigenvalue weighted by atomic mass is 10.1. The monoisotopic (exact) mass is 391 g/mol. The first-order valence-corrected chi connectivity index (χ1v) is 9.71. The lowest BCUT2D eigenvalue weighted by molar-refractivity contribution is 0.0951. The van der Waals surface area contributed by atoms with E-state index in [-0.39, 0.29) is 11.9 Å². The third-order valence-electron chi connectivity index (χ3n) is 5.05. The molecule has 1 amide bonds. The van der Waals surface area contributed by atoms with Gasteiger partial charge < -0.3 is 20.7 Å². The van der Waals surface area contributed by atoms with Crippen LogP contribution >= 0.6 is 0 Å². The fourth-order valence-corrected chi connectivity index (χ4v) is 3.36. The molecule has 9 heteroatoms. The van der Waals surface area contributed by atoms with E-state index in [2.05, 4.69) is 25.2 Å². The molecule has 0 spiro atoms. The van der Waals surface area contributed by atoms with Gasteiger partial charge in [-0.3, -0.25) is 4.79 Å². The zero-order valence-corrected chi connectivity index (χ0v) is 15.8. The van der Waals surface area contributed by atoms with Gasteiger partial charge in [0.2, 0.25) is 5.95 Å². The van der Waals surface area contributed by atoms with Gasteiger partial charge in [0.1, 0.15) is 0 Å². The van der Waals surface area contributed by atoms with Crippen LogP contribution in [0.1, 0.15) is 23.2 Å². The van der Waals surface area contributed by atoms with Crippen LogP contribution < -0.4 is 16.0 Å². The molecule has 29 heavy (non-hydrogen) atoms. The van der Waals surface area contributed by atoms with Crippen LogP contribution in [-0.2, 0) is 4.74 Å². The minimum absolute atomic E-state index is 0.0618. The highest BCUT2D eigenvalue weighted by Gasteiger charge is 2.24. The quantitative estimate of drug-likeness (QED) is 0.685. The summed E-state index contributed by atoms with van der Waals surface area (Å²) in [4.78, 5) is 32.3. The highest BCUT2D eigenvalue weighted by molar-refractivity contribution is 5.96. The predicted octanol–water partition coefficient (Wildman–Crippen LogP) is 1.40. The van der Waals surface area contributed by atoms with E-state index < -0.39 is 0 Å². The van der Waals surface area contributed by atoms with Crippen molar-refractivity contribution in [2.45, 2.75) is 18.9 Å². The Morgan fingerprint density at radius 1 is 1.17 bits per heavy atom. The molecule has 9 nitrogen and oxygen atoms in total. The molecule has 3 aromatic rings. The van der Waals surface area contributed by atoms with Crippen molar-refractivity contribution in [2.75, 3.05) is 36.9 Å². The minimum atomic E-state index is -0.0618. The molecule has 2 fully saturated rings. The van der Waals surface area contributed by atoms with Crippen molar-refractivity contribution in [1.29, 1.82) is 0 Å². The topological polar surface area (TPSA) is 119 Å². The number of nitrogens with one attached hydrogen (secondary N) is 1. The Kier molecular flexibility index (Phi) is 4.44. The molecule has 1 saturated carbocycles. The SMILES string of the molecule is Nc1nc(N2CCOCC2)c2nc(-c3cccc(C(=O)NC4CC4)c3)cnc2n1. The van der Waals surface area contributed by atoms with Crippen molar-refractivity contribution >= 4 is 28.8 Å². The van der Waals surface area contributed by atoms with Gasteiger partial charge in [0.25, 0.3) is 5.91 Å². The molecule has 0 unspecified atom stereocenters. The Hall–Kier alpha value is -3.33. The molecule has 5 rings (SSSR count). The molecule has 1 saturated heterocycles. The molecule has 1 aliphatic carbocycles. The lowest BCUT2D eigenvalue weighted by Gasteiger charge is -2.28. The molecular formula is C20H21N7O2. The number of nitrogen functional groups attached to an aromatic ring is 1. The van der Waals surface area contributed by atoms with E-state index in [1.54, 1.807) is 12.3 Å². The normalized spacial score (nSPS) is 16.8. The number of ether oxygens (including phenoxy) is 1. The van der Waals surface area contributed by atoms with Gasteiger partial charge in [0.15, 0.2) is 17.0 Å². The summed E-state index contributed by atoms with van der Waals surface area (Å²) in [5.41, 5.74) is 9.00. The first-order valence-electron chi connectivity index (χ1n) is 9.71. The van der Waals surface area contributed by atoms with Crippen LogP contribution in [0.3, 0.4) is 0 Å². The van der Waals surface area contributed by atoms with Gasteiger partial charge >= 0.3 is 0 Å². The van der Waals surface area contributed by atoms with Crippen LogP contribution in [0.15, 0.2) is 30.5 Å². The predicted molar refractivity (Wildman–Crippen MR) is 108 cm³/mol. The second kappa shape index (κ2) is 7.25. The average molecular weight is 391 g/mol. The van der Waals surface area contributed by atoms with Crippen molar-refractivity contribution in [3.8, 4) is 11.3 Å². The maximum absolute atomic E-state index is 12.4. The minimum Gasteiger partial charge on any atom is -0.378 e. The van der Waals surface area contributed by atoms with Crippen LogP contribution in [0.2, 0.25) is 0 Å². The Bertz CT molecular complexity index is 1080. The largest absolute Gasteiger partial charge is 0.378 e. The van der Waals surface area contributed by atoms with Crippen LogP contribution in [-0.4, -0.2) is 58.2 Å². The number of benzene rings is 1. The smallest absolute Gasteiger partial charge is 0.251 e. The summed E-state index contributed by atoms with van der Waals surface area (Å²) in [5.74, 6) is 0.765. The summed E-state index contributed by atoms with van der Waals surface area (Å²) >= 11 is 0. The summed E-state index contributed by atoms with van der Waals surface area (Å²) in [6, 6.07) is 7.71. The molecule has 3 heterocycles. The summed E-state index contributed by atoms with van der Waals surface area (Å²) in [6.45, 7) is 2.65. The van der Waals surface area contributed by atoms with Gasteiger partial charge in [0, 0.05) is 30.3 Å². The fourth-order valence-electron chi connectivity index (χ4n) is 3.36. The van der Waals surface area contributed by atoms with Gasteiger partial charge in [-0.05, 0) is 25.0 Å². The van der Waals surface area contributed by atoms with Gasteiger partial charge in [-0.1, -0.05) is 12.1 Å². The number of nitrogens with two attached hydrogens (primary N) is 1. The molecular weight excluding hydrogens is 370 g/mol. The van der Waals surface area contributed by atoms with Crippen molar-refractivity contribution in [3.63, 3.8) is 0 Å². The summed E-state index contributed by atoms with van der Waals surface area (Å²) < 4.78 is 5.43. The van der Waals surface area contributed by atoms with Gasteiger partial charge in [-0.15, -0.1) is 0 Å². The number of morpholine rings is 1. The molecule has 2 aliphatic rings. The molecule has 148 valence electrons. The first-order chi connectivity index (χ1) is 14.2. The Morgan fingerprint density at radius 3 is 2.79 bits per heavy atom. The van der Waals surface area contributed by atoms with Crippen LogP contribution in [0.25, 0.3) is 22.4 Å². The van der Waals surface area contributed by atoms with E-state index in [9.17, 15) is 4.79 Å². The number of amides is 1. The first kappa shape index (κ1) is 17.7. The second-order valence-electron chi connectivity index (χ2n) is 7.26. The maximum Gasteiger partial charge on any atom is 0.251 e. The van der Waals surface area contributed by atoms with E-state index >= 15 is 0 Å². The standard InChI is InChI=1S/C20H21N7O2/c21-20-25-17-16(18(26-20)27-6-8-29-9-7-27)24-15(11-22-17)12-2-1-3-13(10-12)19(28)23-14-4-5-14/h1-3,10-11,14H,4-9H2,(H,23,28)(H2,21,22,25,26). The van der Waals surface area contributed by atoms with E-state index in [0.717, 1.165) is 18.4 Å². The van der Waals surface area contributed by atoms with E-state index in [1.807, 2.05) is 18.2 Å². The number of carbonyl (C=O) groups is 1. The number of hydrogen-bond acceptors (Lipinski definition) is 8. The fraction of sp³-hybridized carbons (Fsp3) is 0.350. The lowest BCUT2D eigenvalue weighted by Crippen LogP contribution is -2.37. The molecule has 3 N–H and O–H groups in total. The third kappa shape index (κ3) is 3.68. The number of aromatic nitrogens is 4. The Labute approximate surface area is 167 Å².